The molecule has 2 rings (SSSR count). The van der Waals surface area contributed by atoms with E-state index >= 15 is 0 Å². The van der Waals surface area contributed by atoms with Gasteiger partial charge in [-0.25, -0.2) is 0 Å². The highest BCUT2D eigenvalue weighted by Crippen LogP contribution is 2.34. The summed E-state index contributed by atoms with van der Waals surface area (Å²) in [5.41, 5.74) is 2.24. The molecule has 1 heterocycles. The molecular formula is C18H21NO4. The lowest BCUT2D eigenvalue weighted by Crippen LogP contribution is -2.09. The summed E-state index contributed by atoms with van der Waals surface area (Å²) in [5, 5.41) is 0.829. The van der Waals surface area contributed by atoms with Crippen LogP contribution in [0, 0.1) is 0 Å². The van der Waals surface area contributed by atoms with Crippen LogP contribution in [0.2, 0.25) is 0 Å². The Morgan fingerprint density at radius 1 is 1.26 bits per heavy atom. The van der Waals surface area contributed by atoms with Crippen LogP contribution >= 0.6 is 0 Å². The summed E-state index contributed by atoms with van der Waals surface area (Å²) in [6.45, 7) is 3.85. The topological polar surface area (TPSA) is 57.5 Å². The van der Waals surface area contributed by atoms with Gasteiger partial charge in [-0.2, -0.15) is 0 Å². The summed E-state index contributed by atoms with van der Waals surface area (Å²) in [4.78, 5) is 23.7. The fourth-order valence-corrected chi connectivity index (χ4v) is 2.80. The number of hydrogen-bond donors (Lipinski definition) is 0. The summed E-state index contributed by atoms with van der Waals surface area (Å²) in [6, 6.07) is 5.61. The zero-order chi connectivity index (χ0) is 17.0. The summed E-state index contributed by atoms with van der Waals surface area (Å²) in [7, 11) is 2.96. The molecule has 0 radical (unpaired) electrons. The van der Waals surface area contributed by atoms with Gasteiger partial charge in [0.15, 0.2) is 5.78 Å². The number of fused-ring (bicyclic) bond motifs is 1. The van der Waals surface area contributed by atoms with Crippen LogP contribution in [-0.4, -0.2) is 30.5 Å². The third-order valence-electron chi connectivity index (χ3n) is 3.75. The predicted octanol–water partition coefficient (Wildman–Crippen LogP) is 3.45. The average Bonchev–Trinajstić information content (AvgIpc) is 2.86. The van der Waals surface area contributed by atoms with E-state index in [4.69, 9.17) is 9.47 Å². The van der Waals surface area contributed by atoms with E-state index in [9.17, 15) is 9.59 Å². The van der Waals surface area contributed by atoms with Crippen molar-refractivity contribution in [3.05, 3.63) is 35.5 Å². The van der Waals surface area contributed by atoms with Gasteiger partial charge in [0.25, 0.3) is 0 Å². The van der Waals surface area contributed by atoms with Crippen molar-refractivity contribution in [1.29, 1.82) is 0 Å². The van der Waals surface area contributed by atoms with E-state index < -0.39 is 0 Å². The minimum atomic E-state index is -0.294. The summed E-state index contributed by atoms with van der Waals surface area (Å²) < 4.78 is 12.1. The average molecular weight is 315 g/mol. The number of hydrogen-bond acceptors (Lipinski definition) is 4. The third kappa shape index (κ3) is 3.13. The van der Waals surface area contributed by atoms with Crippen molar-refractivity contribution in [3.63, 3.8) is 0 Å². The lowest BCUT2D eigenvalue weighted by atomic mass is 10.1. The van der Waals surface area contributed by atoms with Gasteiger partial charge in [0.2, 0.25) is 0 Å². The molecule has 5 nitrogen and oxygen atoms in total. The second-order valence-corrected chi connectivity index (χ2v) is 5.15. The maximum atomic E-state index is 12.2. The molecule has 0 saturated carbocycles. The number of aromatic nitrogens is 1. The van der Waals surface area contributed by atoms with Gasteiger partial charge in [0, 0.05) is 11.9 Å². The first kappa shape index (κ1) is 16.8. The van der Waals surface area contributed by atoms with Crippen LogP contribution < -0.4 is 4.74 Å². The number of nitrogens with zero attached hydrogens (tertiary/aromatic N) is 1. The van der Waals surface area contributed by atoms with Gasteiger partial charge in [0.1, 0.15) is 5.75 Å². The SMILES string of the molecule is C/C=C\c1c(C(C)=O)c2cccc(OC)c2n1CCC(=O)OC. The number of para-hydroxylation sites is 1. The standard InChI is InChI=1S/C18H21NO4/c1-5-7-14-17(12(2)20)13-8-6-9-15(22-3)18(13)19(14)11-10-16(21)23-4/h5-9H,10-11H2,1-4H3/b7-5-. The number of ketones is 1. The van der Waals surface area contributed by atoms with Crippen molar-refractivity contribution in [1.82, 2.24) is 4.57 Å². The molecule has 0 atom stereocenters. The molecule has 0 aliphatic carbocycles. The number of allylic oxidation sites excluding steroid dienone is 1. The minimum Gasteiger partial charge on any atom is -0.495 e. The lowest BCUT2D eigenvalue weighted by molar-refractivity contribution is -0.140. The van der Waals surface area contributed by atoms with Crippen molar-refractivity contribution in [2.45, 2.75) is 26.8 Å². The molecule has 0 aliphatic rings. The first-order valence-corrected chi connectivity index (χ1v) is 7.44. The second kappa shape index (κ2) is 7.13. The quantitative estimate of drug-likeness (QED) is 0.605. The van der Waals surface area contributed by atoms with Crippen molar-refractivity contribution in [2.24, 2.45) is 0 Å². The molecule has 2 aromatic rings. The van der Waals surface area contributed by atoms with Crippen LogP contribution in [0.15, 0.2) is 24.3 Å². The van der Waals surface area contributed by atoms with Crippen LogP contribution in [0.3, 0.4) is 0 Å². The summed E-state index contributed by atoms with van der Waals surface area (Å²) >= 11 is 0. The number of Topliss-reactive ketones (excluding diaryl/α,β-unsaturated/α-hetero) is 1. The van der Waals surface area contributed by atoms with E-state index in [-0.39, 0.29) is 18.2 Å². The molecule has 122 valence electrons. The Bertz CT molecular complexity index is 771. The molecule has 0 bridgehead atoms. The van der Waals surface area contributed by atoms with E-state index in [1.165, 1.54) is 7.11 Å². The van der Waals surface area contributed by atoms with E-state index in [1.807, 2.05) is 41.8 Å². The van der Waals surface area contributed by atoms with Gasteiger partial charge < -0.3 is 14.0 Å². The predicted molar refractivity (Wildman–Crippen MR) is 89.8 cm³/mol. The van der Waals surface area contributed by atoms with Gasteiger partial charge in [-0.15, -0.1) is 0 Å². The molecule has 0 saturated heterocycles. The first-order chi connectivity index (χ1) is 11.0. The van der Waals surface area contributed by atoms with Crippen molar-refractivity contribution in [2.75, 3.05) is 14.2 Å². The number of rotatable bonds is 6. The Morgan fingerprint density at radius 3 is 2.57 bits per heavy atom. The van der Waals surface area contributed by atoms with E-state index in [0.717, 1.165) is 16.6 Å². The van der Waals surface area contributed by atoms with Crippen LogP contribution in [0.1, 0.15) is 36.3 Å². The Morgan fingerprint density at radius 2 is 2.00 bits per heavy atom. The molecule has 23 heavy (non-hydrogen) atoms. The highest BCUT2D eigenvalue weighted by molar-refractivity contribution is 6.11. The fraction of sp³-hybridized carbons (Fsp3) is 0.333. The van der Waals surface area contributed by atoms with Crippen LogP contribution in [0.25, 0.3) is 17.0 Å². The number of aryl methyl sites for hydroxylation is 1. The number of ether oxygens (including phenoxy) is 2. The zero-order valence-corrected chi connectivity index (χ0v) is 13.9. The van der Waals surface area contributed by atoms with Crippen molar-refractivity contribution >= 4 is 28.7 Å². The maximum Gasteiger partial charge on any atom is 0.307 e. The molecule has 0 N–H and O–H groups in total. The van der Waals surface area contributed by atoms with Gasteiger partial charge in [-0.3, -0.25) is 9.59 Å². The second-order valence-electron chi connectivity index (χ2n) is 5.15. The first-order valence-electron chi connectivity index (χ1n) is 7.44. The molecule has 1 aromatic heterocycles. The normalized spacial score (nSPS) is 11.1. The van der Waals surface area contributed by atoms with Crippen molar-refractivity contribution in [3.8, 4) is 5.75 Å². The summed E-state index contributed by atoms with van der Waals surface area (Å²) in [5.74, 6) is 0.358. The smallest absolute Gasteiger partial charge is 0.307 e. The van der Waals surface area contributed by atoms with E-state index in [2.05, 4.69) is 0 Å². The number of carbonyl (C=O) groups excluding carboxylic acids is 2. The number of methoxy groups -OCH3 is 2. The zero-order valence-electron chi connectivity index (χ0n) is 13.9. The van der Waals surface area contributed by atoms with Crippen LogP contribution in [-0.2, 0) is 16.1 Å². The van der Waals surface area contributed by atoms with E-state index in [0.29, 0.717) is 17.9 Å². The molecule has 0 fully saturated rings. The van der Waals surface area contributed by atoms with Crippen LogP contribution in [0.4, 0.5) is 0 Å². The molecule has 1 aromatic carbocycles. The highest BCUT2D eigenvalue weighted by Gasteiger charge is 2.21. The number of esters is 1. The third-order valence-corrected chi connectivity index (χ3v) is 3.75. The Balaban J connectivity index is 2.76. The maximum absolute atomic E-state index is 12.2. The molecule has 0 spiro atoms. The fourth-order valence-electron chi connectivity index (χ4n) is 2.80. The monoisotopic (exact) mass is 315 g/mol. The van der Waals surface area contributed by atoms with Gasteiger partial charge >= 0.3 is 5.97 Å². The molecular weight excluding hydrogens is 294 g/mol. The largest absolute Gasteiger partial charge is 0.495 e. The molecule has 0 unspecified atom stereocenters. The molecule has 0 aliphatic heterocycles. The Kier molecular flexibility index (Phi) is 5.21. The number of carbonyl (C=O) groups is 2. The van der Waals surface area contributed by atoms with Gasteiger partial charge in [0.05, 0.1) is 37.4 Å². The van der Waals surface area contributed by atoms with Gasteiger partial charge in [-0.1, -0.05) is 18.2 Å². The molecule has 5 heteroatoms. The minimum absolute atomic E-state index is 0.0202. The van der Waals surface area contributed by atoms with E-state index in [1.54, 1.807) is 14.0 Å². The summed E-state index contributed by atoms with van der Waals surface area (Å²) in [6.07, 6.45) is 3.98. The highest BCUT2D eigenvalue weighted by atomic mass is 16.5. The Labute approximate surface area is 135 Å². The van der Waals surface area contributed by atoms with Crippen LogP contribution in [0.5, 0.6) is 5.75 Å². The Hall–Kier alpha value is -2.56. The number of benzene rings is 1. The molecule has 0 amide bonds. The lowest BCUT2D eigenvalue weighted by Gasteiger charge is -2.10. The van der Waals surface area contributed by atoms with Gasteiger partial charge in [-0.05, 0) is 26.0 Å². The van der Waals surface area contributed by atoms with Crippen molar-refractivity contribution < 1.29 is 19.1 Å².